The van der Waals surface area contributed by atoms with Crippen LogP contribution in [-0.2, 0) is 10.0 Å². The number of anilines is 2. The van der Waals surface area contributed by atoms with Gasteiger partial charge in [0.25, 0.3) is 21.6 Å². The van der Waals surface area contributed by atoms with Gasteiger partial charge in [0.1, 0.15) is 5.69 Å². The Balaban J connectivity index is 0.964. The fourth-order valence-corrected chi connectivity index (χ4v) is 10.8. The molecule has 14 heteroatoms. The van der Waals surface area contributed by atoms with Crippen LogP contribution in [-0.4, -0.2) is 92.2 Å². The maximum absolute atomic E-state index is 13.5. The molecule has 0 spiro atoms. The monoisotopic (exact) mass is 870 g/mol. The van der Waals surface area contributed by atoms with Gasteiger partial charge in [-0.1, -0.05) is 47.5 Å². The minimum atomic E-state index is -4.43. The Bertz CT molecular complexity index is 2240. The smallest absolute Gasteiger partial charge is 0.293 e. The van der Waals surface area contributed by atoms with Crippen LogP contribution >= 0.6 is 23.4 Å². The van der Waals surface area contributed by atoms with Gasteiger partial charge in [-0.05, 0) is 131 Å². The van der Waals surface area contributed by atoms with Crippen LogP contribution < -0.4 is 14.9 Å². The maximum Gasteiger partial charge on any atom is 0.293 e. The summed E-state index contributed by atoms with van der Waals surface area (Å²) in [6.07, 6.45) is 7.67. The van der Waals surface area contributed by atoms with Crippen molar-refractivity contribution >= 4 is 61.9 Å². The summed E-state index contributed by atoms with van der Waals surface area (Å²) in [4.78, 5) is 33.1. The molecular weight excluding hydrogens is 816 g/mol. The van der Waals surface area contributed by atoms with Crippen LogP contribution in [0.5, 0.6) is 0 Å². The number of nitrogens with one attached hydrogen (secondary N) is 2. The number of rotatable bonds is 16. The second-order valence-corrected chi connectivity index (χ2v) is 19.5. The van der Waals surface area contributed by atoms with Crippen molar-refractivity contribution in [2.45, 2.75) is 86.7 Å². The molecule has 0 bridgehead atoms. The van der Waals surface area contributed by atoms with E-state index in [2.05, 4.69) is 50.7 Å². The number of amides is 1. The van der Waals surface area contributed by atoms with Gasteiger partial charge in [0.05, 0.1) is 9.82 Å². The third kappa shape index (κ3) is 11.1. The van der Waals surface area contributed by atoms with Crippen molar-refractivity contribution in [2.24, 2.45) is 0 Å². The molecule has 0 unspecified atom stereocenters. The quantitative estimate of drug-likeness (QED) is 0.0639. The van der Waals surface area contributed by atoms with Crippen LogP contribution in [0.25, 0.3) is 5.57 Å². The van der Waals surface area contributed by atoms with E-state index in [1.807, 2.05) is 54.6 Å². The molecule has 3 atom stereocenters. The van der Waals surface area contributed by atoms with Crippen LogP contribution in [0.2, 0.25) is 5.02 Å². The Morgan fingerprint density at radius 2 is 1.58 bits per heavy atom. The summed E-state index contributed by atoms with van der Waals surface area (Å²) >= 11 is 7.83. The number of carbonyl (C=O) groups excluding carboxylic acids is 1. The fourth-order valence-electron chi connectivity index (χ4n) is 8.72. The number of nitro groups is 1. The number of hydrogen-bond donors (Lipinski definition) is 2. The third-order valence-corrected chi connectivity index (χ3v) is 14.9. The largest absolute Gasteiger partial charge is 0.376 e. The summed E-state index contributed by atoms with van der Waals surface area (Å²) in [5, 5.41) is 16.5. The minimum absolute atomic E-state index is 0.129. The van der Waals surface area contributed by atoms with E-state index in [0.717, 1.165) is 93.0 Å². The average Bonchev–Trinajstić information content (AvgIpc) is 3.58. The first-order valence-corrected chi connectivity index (χ1v) is 23.9. The van der Waals surface area contributed by atoms with Gasteiger partial charge in [0.15, 0.2) is 0 Å². The van der Waals surface area contributed by atoms with E-state index in [-0.39, 0.29) is 27.9 Å². The average molecular weight is 872 g/mol. The number of thioether (sulfide) groups is 1. The fraction of sp³-hybridized carbons (Fsp3) is 0.413. The second-order valence-electron chi connectivity index (χ2n) is 16.2. The number of carbonyl (C=O) groups is 1. The van der Waals surface area contributed by atoms with Gasteiger partial charge < -0.3 is 10.2 Å². The predicted molar refractivity (Wildman–Crippen MR) is 244 cm³/mol. The molecule has 2 aliphatic heterocycles. The molecule has 318 valence electrons. The van der Waals surface area contributed by atoms with E-state index in [1.165, 1.54) is 41.7 Å². The first-order valence-electron chi connectivity index (χ1n) is 21.0. The van der Waals surface area contributed by atoms with E-state index in [4.69, 9.17) is 11.6 Å². The molecule has 1 amide bonds. The number of allylic oxidation sites excluding steroid dienone is 1. The minimum Gasteiger partial charge on any atom is -0.376 e. The number of piperazine rings is 1. The molecule has 60 heavy (non-hydrogen) atoms. The number of sulfonamides is 1. The number of hydrogen-bond acceptors (Lipinski definition) is 10. The lowest BCUT2D eigenvalue weighted by atomic mass is 9.87. The van der Waals surface area contributed by atoms with Crippen molar-refractivity contribution < 1.29 is 18.1 Å². The van der Waals surface area contributed by atoms with Gasteiger partial charge in [-0.15, -0.1) is 11.8 Å². The first-order chi connectivity index (χ1) is 28.9. The lowest BCUT2D eigenvalue weighted by molar-refractivity contribution is -0.384. The highest BCUT2D eigenvalue weighted by Crippen LogP contribution is 2.34. The number of nitrogens with zero attached hydrogens (tertiary/aromatic N) is 4. The molecular formula is C46H55ClN6O5S2. The normalized spacial score (nSPS) is 19.6. The molecule has 4 aromatic carbocycles. The summed E-state index contributed by atoms with van der Waals surface area (Å²) in [7, 11) is -4.43. The molecule has 2 fully saturated rings. The van der Waals surface area contributed by atoms with Gasteiger partial charge in [-0.3, -0.25) is 24.7 Å². The number of benzene rings is 4. The van der Waals surface area contributed by atoms with E-state index >= 15 is 0 Å². The molecule has 7 rings (SSSR count). The SMILES string of the molecule is C[C@@H]1CC[C@H](C)N1CC[C@H](CSc1ccccc1)Nc1ccc(S(=O)(=O)NC(=O)c2ccc(N3CCN(CC4=C(c5ccc(Cl)cc5)CCCC4)CC3)cc2)cc1[N+](=O)[O-]. The number of likely N-dealkylation sites (tertiary alicyclic amines) is 1. The van der Waals surface area contributed by atoms with Gasteiger partial charge in [0, 0.05) is 90.4 Å². The van der Waals surface area contributed by atoms with Crippen molar-refractivity contribution in [2.75, 3.05) is 55.2 Å². The Morgan fingerprint density at radius 3 is 2.27 bits per heavy atom. The molecule has 2 N–H and O–H groups in total. The van der Waals surface area contributed by atoms with Crippen molar-refractivity contribution in [1.82, 2.24) is 14.5 Å². The lowest BCUT2D eigenvalue weighted by Crippen LogP contribution is -2.47. The summed E-state index contributed by atoms with van der Waals surface area (Å²) in [6, 6.07) is 29.7. The van der Waals surface area contributed by atoms with Crippen molar-refractivity contribution in [3.05, 3.63) is 129 Å². The summed E-state index contributed by atoms with van der Waals surface area (Å²) in [5.41, 5.74) is 5.22. The zero-order chi connectivity index (χ0) is 42.2. The van der Waals surface area contributed by atoms with Crippen molar-refractivity contribution in [3.63, 3.8) is 0 Å². The molecule has 0 aromatic heterocycles. The van der Waals surface area contributed by atoms with Gasteiger partial charge in [-0.2, -0.15) is 0 Å². The van der Waals surface area contributed by atoms with Crippen LogP contribution in [0.3, 0.4) is 0 Å². The standard InChI is InChI=1S/C46H55ClN6O5S2/c1-33-12-13-34(2)52(33)25-24-39(32-59-41-9-4-3-5-10-41)48-44-23-22-42(30-45(44)53(55)56)60(57,58)49-46(54)36-16-20-40(21-17-36)51-28-26-50(27-29-51)31-37-8-6-7-11-43(37)35-14-18-38(47)19-15-35/h3-5,9-10,14-23,30,33-34,39,48H,6-8,11-13,24-29,31-32H2,1-2H3,(H,49,54)/t33-,34+,39-/m1/s1. The Labute approximate surface area is 363 Å². The summed E-state index contributed by atoms with van der Waals surface area (Å²) in [6.45, 7) is 9.74. The van der Waals surface area contributed by atoms with Crippen LogP contribution in [0, 0.1) is 10.1 Å². The van der Waals surface area contributed by atoms with E-state index in [9.17, 15) is 23.3 Å². The van der Waals surface area contributed by atoms with Gasteiger partial charge >= 0.3 is 0 Å². The predicted octanol–water partition coefficient (Wildman–Crippen LogP) is 9.35. The molecule has 2 heterocycles. The highest BCUT2D eigenvalue weighted by atomic mass is 35.5. The van der Waals surface area contributed by atoms with Crippen molar-refractivity contribution in [3.8, 4) is 0 Å². The van der Waals surface area contributed by atoms with E-state index < -0.39 is 20.9 Å². The van der Waals surface area contributed by atoms with E-state index in [0.29, 0.717) is 17.8 Å². The van der Waals surface area contributed by atoms with Crippen LogP contribution in [0.15, 0.2) is 112 Å². The van der Waals surface area contributed by atoms with Crippen LogP contribution in [0.1, 0.15) is 74.7 Å². The van der Waals surface area contributed by atoms with Gasteiger partial charge in [-0.25, -0.2) is 13.1 Å². The Morgan fingerprint density at radius 1 is 0.900 bits per heavy atom. The molecule has 0 radical (unpaired) electrons. The zero-order valence-electron chi connectivity index (χ0n) is 34.4. The van der Waals surface area contributed by atoms with E-state index in [1.54, 1.807) is 23.9 Å². The molecule has 11 nitrogen and oxygen atoms in total. The molecule has 3 aliphatic rings. The molecule has 1 aliphatic carbocycles. The van der Waals surface area contributed by atoms with Crippen LogP contribution in [0.4, 0.5) is 17.1 Å². The first kappa shape index (κ1) is 43.7. The zero-order valence-corrected chi connectivity index (χ0v) is 36.8. The highest BCUT2D eigenvalue weighted by molar-refractivity contribution is 7.99. The molecule has 2 saturated heterocycles. The Hall–Kier alpha value is -4.40. The maximum atomic E-state index is 13.5. The van der Waals surface area contributed by atoms with Gasteiger partial charge in [0.2, 0.25) is 0 Å². The topological polar surface area (TPSA) is 128 Å². The lowest BCUT2D eigenvalue weighted by Gasteiger charge is -2.37. The second kappa shape index (κ2) is 20.0. The molecule has 4 aromatic rings. The highest BCUT2D eigenvalue weighted by Gasteiger charge is 2.29. The Kier molecular flexibility index (Phi) is 14.5. The third-order valence-electron chi connectivity index (χ3n) is 12.2. The summed E-state index contributed by atoms with van der Waals surface area (Å²) < 4.78 is 29.1. The molecule has 0 saturated carbocycles. The summed E-state index contributed by atoms with van der Waals surface area (Å²) in [5.74, 6) is -0.148. The number of halogens is 1. The number of nitro benzene ring substituents is 1. The van der Waals surface area contributed by atoms with Crippen molar-refractivity contribution in [1.29, 1.82) is 0 Å².